The van der Waals surface area contributed by atoms with Gasteiger partial charge in [0.25, 0.3) is 0 Å². The topological polar surface area (TPSA) is 39.2 Å². The maximum atomic E-state index is 12.6. The Morgan fingerprint density at radius 2 is 1.46 bits per heavy atom. The van der Waals surface area contributed by atoms with Gasteiger partial charge in [0.15, 0.2) is 5.75 Å². The van der Waals surface area contributed by atoms with Crippen LogP contribution in [0, 0.1) is 0 Å². The first kappa shape index (κ1) is 16.0. The largest absolute Gasteiger partial charge is 0.423 e. The highest BCUT2D eigenvalue weighted by Crippen LogP contribution is 2.35. The van der Waals surface area contributed by atoms with E-state index in [0.29, 0.717) is 11.4 Å². The van der Waals surface area contributed by atoms with E-state index >= 15 is 0 Å². The monoisotopic (exact) mass is 339 g/mol. The Labute approximate surface area is 151 Å². The van der Waals surface area contributed by atoms with Crippen molar-refractivity contribution in [3.8, 4) is 17.0 Å². The Hall–Kier alpha value is -3.46. The van der Waals surface area contributed by atoms with Crippen LogP contribution in [0.5, 0.6) is 5.75 Å². The van der Waals surface area contributed by atoms with E-state index in [9.17, 15) is 4.79 Å². The highest BCUT2D eigenvalue weighted by Gasteiger charge is 2.16. The fourth-order valence-electron chi connectivity index (χ4n) is 2.95. The molecule has 3 nitrogen and oxygen atoms in total. The van der Waals surface area contributed by atoms with E-state index in [4.69, 9.17) is 4.74 Å². The molecule has 0 aliphatic rings. The fraction of sp³-hybridized carbons (Fsp3) is 0.0435. The molecule has 0 amide bonds. The summed E-state index contributed by atoms with van der Waals surface area (Å²) in [7, 11) is 0. The Balaban J connectivity index is 1.75. The van der Waals surface area contributed by atoms with Crippen LogP contribution in [0.2, 0.25) is 0 Å². The van der Waals surface area contributed by atoms with Gasteiger partial charge < -0.3 is 4.74 Å². The van der Waals surface area contributed by atoms with Crippen molar-refractivity contribution in [3.63, 3.8) is 0 Å². The van der Waals surface area contributed by atoms with E-state index in [-0.39, 0.29) is 12.4 Å². The molecular formula is C23H17NO2. The van der Waals surface area contributed by atoms with Crippen molar-refractivity contribution >= 4 is 16.7 Å². The number of aromatic nitrogens is 1. The van der Waals surface area contributed by atoms with Crippen molar-refractivity contribution in [2.75, 3.05) is 0 Å². The van der Waals surface area contributed by atoms with Crippen molar-refractivity contribution in [2.24, 2.45) is 0 Å². The third kappa shape index (κ3) is 3.33. The molecule has 0 saturated heterocycles. The summed E-state index contributed by atoms with van der Waals surface area (Å²) >= 11 is 0. The van der Waals surface area contributed by atoms with Gasteiger partial charge in [-0.1, -0.05) is 84.9 Å². The molecule has 4 aromatic rings. The molecule has 0 fully saturated rings. The van der Waals surface area contributed by atoms with Gasteiger partial charge in [-0.2, -0.15) is 0 Å². The van der Waals surface area contributed by atoms with Gasteiger partial charge in [-0.3, -0.25) is 9.78 Å². The van der Waals surface area contributed by atoms with Crippen molar-refractivity contribution in [1.82, 2.24) is 4.98 Å². The number of ether oxygens (including phenoxy) is 1. The highest BCUT2D eigenvalue weighted by molar-refractivity contribution is 5.95. The Bertz CT molecular complexity index is 1040. The zero-order valence-electron chi connectivity index (χ0n) is 14.1. The molecule has 0 spiro atoms. The summed E-state index contributed by atoms with van der Waals surface area (Å²) in [4.78, 5) is 17.1. The smallest absolute Gasteiger partial charge is 0.315 e. The predicted octanol–water partition coefficient (Wildman–Crippen LogP) is 5.05. The highest BCUT2D eigenvalue weighted by atomic mass is 16.5. The van der Waals surface area contributed by atoms with Gasteiger partial charge >= 0.3 is 5.97 Å². The van der Waals surface area contributed by atoms with Crippen molar-refractivity contribution in [1.29, 1.82) is 0 Å². The van der Waals surface area contributed by atoms with Gasteiger partial charge in [0.05, 0.1) is 6.42 Å². The molecule has 0 radical (unpaired) electrons. The van der Waals surface area contributed by atoms with E-state index in [0.717, 1.165) is 21.9 Å². The van der Waals surface area contributed by atoms with Gasteiger partial charge in [0.1, 0.15) is 5.69 Å². The number of hydrogen-bond acceptors (Lipinski definition) is 3. The van der Waals surface area contributed by atoms with Crippen LogP contribution in [0.1, 0.15) is 5.56 Å². The quantitative estimate of drug-likeness (QED) is 0.488. The van der Waals surface area contributed by atoms with Crippen LogP contribution >= 0.6 is 0 Å². The molecule has 1 aromatic heterocycles. The van der Waals surface area contributed by atoms with Crippen LogP contribution in [0.4, 0.5) is 0 Å². The lowest BCUT2D eigenvalue weighted by Gasteiger charge is -2.13. The summed E-state index contributed by atoms with van der Waals surface area (Å²) in [6, 6.07) is 27.2. The molecule has 1 heterocycles. The molecular weight excluding hydrogens is 322 g/mol. The lowest BCUT2D eigenvalue weighted by molar-refractivity contribution is -0.133. The summed E-state index contributed by atoms with van der Waals surface area (Å²) in [5, 5.41) is 1.82. The third-order valence-corrected chi connectivity index (χ3v) is 4.21. The fourth-order valence-corrected chi connectivity index (χ4v) is 2.95. The van der Waals surface area contributed by atoms with Crippen LogP contribution in [-0.4, -0.2) is 11.0 Å². The number of pyridine rings is 1. The van der Waals surface area contributed by atoms with Crippen LogP contribution in [0.15, 0.2) is 91.1 Å². The Kier molecular flexibility index (Phi) is 4.44. The second-order valence-electron chi connectivity index (χ2n) is 6.03. The molecule has 0 unspecified atom stereocenters. The molecule has 0 bridgehead atoms. The van der Waals surface area contributed by atoms with E-state index in [1.165, 1.54) is 0 Å². The second-order valence-corrected chi connectivity index (χ2v) is 6.03. The number of fused-ring (bicyclic) bond motifs is 1. The zero-order valence-corrected chi connectivity index (χ0v) is 14.1. The zero-order chi connectivity index (χ0) is 17.8. The average Bonchev–Trinajstić information content (AvgIpc) is 2.69. The predicted molar refractivity (Wildman–Crippen MR) is 103 cm³/mol. The number of esters is 1. The normalized spacial score (nSPS) is 10.6. The lowest BCUT2D eigenvalue weighted by atomic mass is 10.1. The van der Waals surface area contributed by atoms with Gasteiger partial charge in [-0.25, -0.2) is 0 Å². The molecule has 26 heavy (non-hydrogen) atoms. The summed E-state index contributed by atoms with van der Waals surface area (Å²) in [6.07, 6.45) is 2.03. The molecule has 3 heteroatoms. The number of benzene rings is 3. The minimum absolute atomic E-state index is 0.221. The summed E-state index contributed by atoms with van der Waals surface area (Å²) < 4.78 is 5.82. The first-order valence-corrected chi connectivity index (χ1v) is 8.49. The average molecular weight is 339 g/mol. The molecule has 0 aliphatic heterocycles. The molecule has 4 rings (SSSR count). The molecule has 0 atom stereocenters. The van der Waals surface area contributed by atoms with Gasteiger partial charge in [0.2, 0.25) is 0 Å². The SMILES string of the molecule is O=C(Cc1ccccc1)Oc1c(-c2ccccc2)ncc2ccccc12. The van der Waals surface area contributed by atoms with Crippen molar-refractivity contribution in [3.05, 3.63) is 96.7 Å². The van der Waals surface area contributed by atoms with Gasteiger partial charge in [-0.05, 0) is 5.56 Å². The Morgan fingerprint density at radius 3 is 2.23 bits per heavy atom. The van der Waals surface area contributed by atoms with E-state index in [2.05, 4.69) is 4.98 Å². The van der Waals surface area contributed by atoms with Crippen LogP contribution in [0.25, 0.3) is 22.0 Å². The van der Waals surface area contributed by atoms with Crippen molar-refractivity contribution < 1.29 is 9.53 Å². The van der Waals surface area contributed by atoms with Crippen LogP contribution < -0.4 is 4.74 Å². The molecule has 3 aromatic carbocycles. The van der Waals surface area contributed by atoms with Crippen LogP contribution in [-0.2, 0) is 11.2 Å². The number of carbonyl (C=O) groups excluding carboxylic acids is 1. The Morgan fingerprint density at radius 1 is 0.808 bits per heavy atom. The summed E-state index contributed by atoms with van der Waals surface area (Å²) in [5.74, 6) is 0.210. The molecule has 0 saturated carbocycles. The molecule has 0 aliphatic carbocycles. The first-order chi connectivity index (χ1) is 12.8. The first-order valence-electron chi connectivity index (χ1n) is 8.49. The maximum Gasteiger partial charge on any atom is 0.315 e. The minimum atomic E-state index is -0.300. The van der Waals surface area contributed by atoms with E-state index < -0.39 is 0 Å². The minimum Gasteiger partial charge on any atom is -0.423 e. The standard InChI is InChI=1S/C23H17NO2/c25-21(15-17-9-3-1-4-10-17)26-23-20-14-8-7-13-19(20)16-24-22(23)18-11-5-2-6-12-18/h1-14,16H,15H2. The number of nitrogens with zero attached hydrogens (tertiary/aromatic N) is 1. The number of carbonyl (C=O) groups is 1. The maximum absolute atomic E-state index is 12.6. The van der Waals surface area contributed by atoms with E-state index in [1.807, 2.05) is 91.1 Å². The van der Waals surface area contributed by atoms with Gasteiger partial charge in [0, 0.05) is 22.5 Å². The van der Waals surface area contributed by atoms with Crippen LogP contribution in [0.3, 0.4) is 0 Å². The van der Waals surface area contributed by atoms with E-state index in [1.54, 1.807) is 0 Å². The summed E-state index contributed by atoms with van der Waals surface area (Å²) in [5.41, 5.74) is 2.51. The third-order valence-electron chi connectivity index (χ3n) is 4.21. The molecule has 0 N–H and O–H groups in total. The number of rotatable bonds is 4. The lowest BCUT2D eigenvalue weighted by Crippen LogP contribution is -2.12. The van der Waals surface area contributed by atoms with Gasteiger partial charge in [-0.15, -0.1) is 0 Å². The molecule has 126 valence electrons. The number of hydrogen-bond donors (Lipinski definition) is 0. The van der Waals surface area contributed by atoms with Crippen molar-refractivity contribution in [2.45, 2.75) is 6.42 Å². The summed E-state index contributed by atoms with van der Waals surface area (Å²) in [6.45, 7) is 0. The second kappa shape index (κ2) is 7.19.